The van der Waals surface area contributed by atoms with Gasteiger partial charge in [-0.1, -0.05) is 52.9 Å². The molecule has 0 heterocycles. The third-order valence-corrected chi connectivity index (χ3v) is 7.80. The first-order valence-corrected chi connectivity index (χ1v) is 10.2. The van der Waals surface area contributed by atoms with Gasteiger partial charge < -0.3 is 0 Å². The minimum atomic E-state index is 1.04. The number of fused-ring (bicyclic) bond motifs is 1. The summed E-state index contributed by atoms with van der Waals surface area (Å²) in [5.41, 5.74) is 0. The monoisotopic (exact) mass is 290 g/mol. The molecule has 0 bridgehead atoms. The van der Waals surface area contributed by atoms with Crippen molar-refractivity contribution in [2.45, 2.75) is 91.4 Å². The molecule has 21 heavy (non-hydrogen) atoms. The van der Waals surface area contributed by atoms with Crippen molar-refractivity contribution in [2.75, 3.05) is 0 Å². The molecule has 3 fully saturated rings. The van der Waals surface area contributed by atoms with Crippen molar-refractivity contribution in [3.05, 3.63) is 0 Å². The lowest BCUT2D eigenvalue weighted by molar-refractivity contribution is 0.0588. The van der Waals surface area contributed by atoms with Gasteiger partial charge in [0.15, 0.2) is 0 Å². The highest BCUT2D eigenvalue weighted by Crippen LogP contribution is 2.52. The van der Waals surface area contributed by atoms with E-state index in [0.29, 0.717) is 0 Å². The standard InChI is InChI=1S/C21H38/c1-4-6-17-13-16(5-2)8-11-21(17)19-10-12-20-15(3)7-9-18(20)14-19/h15-21H,4-14H2,1-3H3. The molecule has 3 aliphatic rings. The van der Waals surface area contributed by atoms with Gasteiger partial charge in [-0.15, -0.1) is 0 Å². The Labute approximate surface area is 133 Å². The topological polar surface area (TPSA) is 0 Å². The van der Waals surface area contributed by atoms with Gasteiger partial charge in [-0.25, -0.2) is 0 Å². The maximum atomic E-state index is 2.53. The lowest BCUT2D eigenvalue weighted by atomic mass is 9.61. The van der Waals surface area contributed by atoms with Crippen LogP contribution in [-0.4, -0.2) is 0 Å². The van der Waals surface area contributed by atoms with Gasteiger partial charge >= 0.3 is 0 Å². The average molecular weight is 291 g/mol. The normalized spacial score (nSPS) is 47.3. The molecule has 122 valence electrons. The molecule has 0 radical (unpaired) electrons. The number of hydrogen-bond acceptors (Lipinski definition) is 0. The molecule has 0 saturated heterocycles. The van der Waals surface area contributed by atoms with Crippen molar-refractivity contribution >= 4 is 0 Å². The fraction of sp³-hybridized carbons (Fsp3) is 1.00. The van der Waals surface area contributed by atoms with Crippen LogP contribution in [0.5, 0.6) is 0 Å². The zero-order chi connectivity index (χ0) is 14.8. The lowest BCUT2D eigenvalue weighted by Gasteiger charge is -2.44. The van der Waals surface area contributed by atoms with Gasteiger partial charge in [-0.3, -0.25) is 0 Å². The van der Waals surface area contributed by atoms with Crippen LogP contribution in [0.3, 0.4) is 0 Å². The number of hydrogen-bond donors (Lipinski definition) is 0. The van der Waals surface area contributed by atoms with E-state index < -0.39 is 0 Å². The molecular weight excluding hydrogens is 252 g/mol. The molecular formula is C21H38. The van der Waals surface area contributed by atoms with Crippen molar-refractivity contribution in [3.8, 4) is 0 Å². The Hall–Kier alpha value is 0. The molecule has 0 amide bonds. The van der Waals surface area contributed by atoms with Gasteiger partial charge in [0.25, 0.3) is 0 Å². The van der Waals surface area contributed by atoms with Gasteiger partial charge in [0.2, 0.25) is 0 Å². The van der Waals surface area contributed by atoms with E-state index in [1.807, 2.05) is 0 Å². The van der Waals surface area contributed by atoms with Crippen LogP contribution in [0, 0.1) is 41.4 Å². The summed E-state index contributed by atoms with van der Waals surface area (Å²) in [6, 6.07) is 0. The first kappa shape index (κ1) is 15.9. The van der Waals surface area contributed by atoms with Crippen LogP contribution in [0.25, 0.3) is 0 Å². The zero-order valence-electron chi connectivity index (χ0n) is 14.8. The third-order valence-electron chi connectivity index (χ3n) is 7.80. The molecule has 3 rings (SSSR count). The predicted octanol–water partition coefficient (Wildman–Crippen LogP) is 6.69. The van der Waals surface area contributed by atoms with Crippen LogP contribution in [0.1, 0.15) is 91.4 Å². The maximum Gasteiger partial charge on any atom is -0.0357 e. The third kappa shape index (κ3) is 3.35. The highest BCUT2D eigenvalue weighted by atomic mass is 14.5. The Balaban J connectivity index is 1.62. The minimum absolute atomic E-state index is 1.04. The molecule has 0 aromatic rings. The van der Waals surface area contributed by atoms with Crippen LogP contribution < -0.4 is 0 Å². The Bertz CT molecular complexity index is 320. The van der Waals surface area contributed by atoms with Crippen LogP contribution >= 0.6 is 0 Å². The van der Waals surface area contributed by atoms with Gasteiger partial charge in [0, 0.05) is 0 Å². The SMILES string of the molecule is CCCC1CC(CC)CCC1C1CCC2C(C)CCC2C1. The van der Waals surface area contributed by atoms with E-state index in [-0.39, 0.29) is 0 Å². The van der Waals surface area contributed by atoms with E-state index in [1.165, 1.54) is 25.7 Å². The van der Waals surface area contributed by atoms with E-state index >= 15 is 0 Å². The van der Waals surface area contributed by atoms with Crippen molar-refractivity contribution in [3.63, 3.8) is 0 Å². The second kappa shape index (κ2) is 7.05. The summed E-state index contributed by atoms with van der Waals surface area (Å²) in [5.74, 6) is 7.60. The van der Waals surface area contributed by atoms with E-state index in [2.05, 4.69) is 20.8 Å². The first-order valence-electron chi connectivity index (χ1n) is 10.2. The van der Waals surface area contributed by atoms with Gasteiger partial charge in [-0.2, -0.15) is 0 Å². The van der Waals surface area contributed by atoms with Crippen LogP contribution in [0.4, 0.5) is 0 Å². The summed E-state index contributed by atoms with van der Waals surface area (Å²) in [6.45, 7) is 7.35. The van der Waals surface area contributed by atoms with E-state index in [0.717, 1.165) is 41.4 Å². The molecule has 7 unspecified atom stereocenters. The summed E-state index contributed by atoms with van der Waals surface area (Å²) in [5, 5.41) is 0. The summed E-state index contributed by atoms with van der Waals surface area (Å²) >= 11 is 0. The quantitative estimate of drug-likeness (QED) is 0.541. The van der Waals surface area contributed by atoms with E-state index in [1.54, 1.807) is 44.9 Å². The predicted molar refractivity (Wildman–Crippen MR) is 92.2 cm³/mol. The fourth-order valence-electron chi connectivity index (χ4n) is 6.56. The van der Waals surface area contributed by atoms with Crippen molar-refractivity contribution in [2.24, 2.45) is 41.4 Å². The Morgan fingerprint density at radius 2 is 1.48 bits per heavy atom. The maximum absolute atomic E-state index is 2.53. The average Bonchev–Trinajstić information content (AvgIpc) is 2.88. The van der Waals surface area contributed by atoms with Crippen molar-refractivity contribution < 1.29 is 0 Å². The molecule has 3 saturated carbocycles. The first-order chi connectivity index (χ1) is 10.2. The Morgan fingerprint density at radius 1 is 0.762 bits per heavy atom. The highest BCUT2D eigenvalue weighted by molar-refractivity contribution is 4.93. The molecule has 0 aliphatic heterocycles. The Kier molecular flexibility index (Phi) is 5.33. The van der Waals surface area contributed by atoms with Gasteiger partial charge in [0.1, 0.15) is 0 Å². The molecule has 3 aliphatic carbocycles. The van der Waals surface area contributed by atoms with E-state index in [9.17, 15) is 0 Å². The second-order valence-corrected chi connectivity index (χ2v) is 8.85. The highest BCUT2D eigenvalue weighted by Gasteiger charge is 2.42. The molecule has 0 aromatic carbocycles. The minimum Gasteiger partial charge on any atom is -0.0654 e. The van der Waals surface area contributed by atoms with Crippen LogP contribution in [0.15, 0.2) is 0 Å². The molecule has 0 heteroatoms. The molecule has 0 spiro atoms. The summed E-state index contributed by atoms with van der Waals surface area (Å²) in [6.07, 6.45) is 16.9. The van der Waals surface area contributed by atoms with Gasteiger partial charge in [-0.05, 0) is 80.0 Å². The van der Waals surface area contributed by atoms with Crippen LogP contribution in [-0.2, 0) is 0 Å². The zero-order valence-corrected chi connectivity index (χ0v) is 14.8. The molecule has 0 aromatic heterocycles. The number of rotatable bonds is 4. The van der Waals surface area contributed by atoms with Crippen molar-refractivity contribution in [1.29, 1.82) is 0 Å². The van der Waals surface area contributed by atoms with Crippen molar-refractivity contribution in [1.82, 2.24) is 0 Å². The lowest BCUT2D eigenvalue weighted by Crippen LogP contribution is -2.35. The Morgan fingerprint density at radius 3 is 2.24 bits per heavy atom. The van der Waals surface area contributed by atoms with E-state index in [4.69, 9.17) is 0 Å². The largest absolute Gasteiger partial charge is 0.0654 e. The second-order valence-electron chi connectivity index (χ2n) is 8.85. The summed E-state index contributed by atoms with van der Waals surface area (Å²) in [7, 11) is 0. The molecule has 7 atom stereocenters. The molecule has 0 N–H and O–H groups in total. The fourth-order valence-corrected chi connectivity index (χ4v) is 6.56. The smallest absolute Gasteiger partial charge is 0.0357 e. The van der Waals surface area contributed by atoms with Gasteiger partial charge in [0.05, 0.1) is 0 Å². The summed E-state index contributed by atoms with van der Waals surface area (Å²) in [4.78, 5) is 0. The van der Waals surface area contributed by atoms with Crippen LogP contribution in [0.2, 0.25) is 0 Å². The molecule has 0 nitrogen and oxygen atoms in total. The summed E-state index contributed by atoms with van der Waals surface area (Å²) < 4.78 is 0.